The molecule has 0 saturated heterocycles. The molecule has 100 valence electrons. The molecule has 0 saturated carbocycles. The third-order valence-corrected chi connectivity index (χ3v) is 3.24. The van der Waals surface area contributed by atoms with Crippen LogP contribution in [0.25, 0.3) is 10.9 Å². The summed E-state index contributed by atoms with van der Waals surface area (Å²) in [4.78, 5) is 8.52. The van der Waals surface area contributed by atoms with Gasteiger partial charge in [-0.3, -0.25) is 9.97 Å². The maximum Gasteiger partial charge on any atom is 0.153 e. The van der Waals surface area contributed by atoms with Crippen molar-refractivity contribution in [2.45, 2.75) is 6.54 Å². The lowest BCUT2D eigenvalue weighted by molar-refractivity contribution is 0.484. The average molecular weight is 286 g/mol. The Morgan fingerprint density at radius 2 is 2.00 bits per heavy atom. The Morgan fingerprint density at radius 3 is 2.75 bits per heavy atom. The van der Waals surface area contributed by atoms with E-state index in [0.717, 1.165) is 16.6 Å². The molecule has 2 N–H and O–H groups in total. The maximum absolute atomic E-state index is 6.15. The molecule has 0 aliphatic heterocycles. The Bertz CT molecular complexity index is 744. The summed E-state index contributed by atoms with van der Waals surface area (Å²) in [6, 6.07) is 11.0. The number of ether oxygens (including phenoxy) is 1. The van der Waals surface area contributed by atoms with E-state index < -0.39 is 0 Å². The van der Waals surface area contributed by atoms with Gasteiger partial charge in [0.25, 0.3) is 0 Å². The number of halogens is 1. The highest BCUT2D eigenvalue weighted by molar-refractivity contribution is 6.35. The van der Waals surface area contributed by atoms with E-state index in [2.05, 4.69) is 9.97 Å². The highest BCUT2D eigenvalue weighted by Gasteiger charge is 2.07. The minimum Gasteiger partial charge on any atom is -0.453 e. The van der Waals surface area contributed by atoms with Crippen LogP contribution in [-0.4, -0.2) is 9.97 Å². The third kappa shape index (κ3) is 2.43. The molecule has 0 amide bonds. The Balaban J connectivity index is 2.00. The Labute approximate surface area is 121 Å². The molecule has 2 heterocycles. The van der Waals surface area contributed by atoms with Crippen molar-refractivity contribution in [1.82, 2.24) is 9.97 Å². The second-order valence-corrected chi connectivity index (χ2v) is 4.64. The largest absolute Gasteiger partial charge is 0.453 e. The van der Waals surface area contributed by atoms with Crippen LogP contribution in [0.5, 0.6) is 11.5 Å². The molecular formula is C15H12ClN3O. The van der Waals surface area contributed by atoms with Crippen LogP contribution < -0.4 is 10.5 Å². The van der Waals surface area contributed by atoms with Gasteiger partial charge in [0, 0.05) is 18.1 Å². The highest BCUT2D eigenvalue weighted by Crippen LogP contribution is 2.32. The molecule has 0 spiro atoms. The monoisotopic (exact) mass is 285 g/mol. The maximum atomic E-state index is 6.15. The zero-order valence-electron chi connectivity index (χ0n) is 10.6. The molecule has 3 rings (SSSR count). The molecule has 3 aromatic rings. The topological polar surface area (TPSA) is 61.0 Å². The van der Waals surface area contributed by atoms with E-state index in [0.29, 0.717) is 23.1 Å². The molecular weight excluding hydrogens is 274 g/mol. The fraction of sp³-hybridized carbons (Fsp3) is 0.0667. The molecule has 2 aromatic heterocycles. The van der Waals surface area contributed by atoms with E-state index in [9.17, 15) is 0 Å². The van der Waals surface area contributed by atoms with E-state index in [1.54, 1.807) is 24.5 Å². The lowest BCUT2D eigenvalue weighted by Crippen LogP contribution is -1.98. The van der Waals surface area contributed by atoms with Gasteiger partial charge in [0.2, 0.25) is 0 Å². The summed E-state index contributed by atoms with van der Waals surface area (Å²) < 4.78 is 5.82. The first-order valence-corrected chi connectivity index (χ1v) is 6.52. The summed E-state index contributed by atoms with van der Waals surface area (Å²) in [6.45, 7) is 0.408. The Kier molecular flexibility index (Phi) is 3.50. The summed E-state index contributed by atoms with van der Waals surface area (Å²) in [5, 5.41) is 1.51. The Hall–Kier alpha value is -2.17. The minimum absolute atomic E-state index is 0.408. The summed E-state index contributed by atoms with van der Waals surface area (Å²) in [6.07, 6.45) is 3.35. The van der Waals surface area contributed by atoms with Gasteiger partial charge in [-0.25, -0.2) is 0 Å². The molecule has 0 aliphatic rings. The van der Waals surface area contributed by atoms with Crippen molar-refractivity contribution in [1.29, 1.82) is 0 Å². The van der Waals surface area contributed by atoms with Gasteiger partial charge in [-0.05, 0) is 36.4 Å². The van der Waals surface area contributed by atoms with Gasteiger partial charge in [0.1, 0.15) is 11.3 Å². The van der Waals surface area contributed by atoms with Crippen LogP contribution in [-0.2, 0) is 6.54 Å². The molecule has 1 aromatic carbocycles. The van der Waals surface area contributed by atoms with E-state index in [-0.39, 0.29) is 0 Å². The molecule has 20 heavy (non-hydrogen) atoms. The second kappa shape index (κ2) is 5.45. The van der Waals surface area contributed by atoms with E-state index in [1.807, 2.05) is 24.3 Å². The van der Waals surface area contributed by atoms with Crippen LogP contribution in [0.1, 0.15) is 5.69 Å². The van der Waals surface area contributed by atoms with Crippen molar-refractivity contribution < 1.29 is 4.74 Å². The molecule has 0 unspecified atom stereocenters. The number of benzene rings is 1. The van der Waals surface area contributed by atoms with Crippen LogP contribution in [0.4, 0.5) is 0 Å². The van der Waals surface area contributed by atoms with Crippen molar-refractivity contribution in [2.24, 2.45) is 5.73 Å². The summed E-state index contributed by atoms with van der Waals surface area (Å²) in [7, 11) is 0. The van der Waals surface area contributed by atoms with E-state index >= 15 is 0 Å². The predicted molar refractivity (Wildman–Crippen MR) is 79.0 cm³/mol. The van der Waals surface area contributed by atoms with Gasteiger partial charge in [-0.1, -0.05) is 11.6 Å². The lowest BCUT2D eigenvalue weighted by atomic mass is 10.2. The van der Waals surface area contributed by atoms with Crippen LogP contribution in [0.2, 0.25) is 5.02 Å². The van der Waals surface area contributed by atoms with Crippen molar-refractivity contribution in [2.75, 3.05) is 0 Å². The number of aromatic nitrogens is 2. The molecule has 0 fully saturated rings. The van der Waals surface area contributed by atoms with Crippen molar-refractivity contribution >= 4 is 22.5 Å². The molecule has 0 bridgehead atoms. The fourth-order valence-electron chi connectivity index (χ4n) is 1.91. The molecule has 0 aliphatic carbocycles. The van der Waals surface area contributed by atoms with Gasteiger partial charge in [0.05, 0.1) is 16.9 Å². The zero-order valence-corrected chi connectivity index (χ0v) is 11.3. The zero-order chi connectivity index (χ0) is 13.9. The van der Waals surface area contributed by atoms with E-state index in [1.165, 1.54) is 0 Å². The number of hydrogen-bond acceptors (Lipinski definition) is 4. The second-order valence-electron chi connectivity index (χ2n) is 4.24. The van der Waals surface area contributed by atoms with Gasteiger partial charge >= 0.3 is 0 Å². The van der Waals surface area contributed by atoms with Crippen LogP contribution in [0.3, 0.4) is 0 Å². The molecule has 0 radical (unpaired) electrons. The quantitative estimate of drug-likeness (QED) is 0.799. The van der Waals surface area contributed by atoms with E-state index in [4.69, 9.17) is 22.1 Å². The fourth-order valence-corrected chi connectivity index (χ4v) is 2.13. The van der Waals surface area contributed by atoms with Crippen molar-refractivity contribution in [3.8, 4) is 11.5 Å². The first-order chi connectivity index (χ1) is 9.78. The van der Waals surface area contributed by atoms with Gasteiger partial charge in [0.15, 0.2) is 5.75 Å². The molecule has 4 nitrogen and oxygen atoms in total. The Morgan fingerprint density at radius 1 is 1.10 bits per heavy atom. The third-order valence-electron chi connectivity index (χ3n) is 2.91. The summed E-state index contributed by atoms with van der Waals surface area (Å²) in [5.74, 6) is 1.28. The number of nitrogens with two attached hydrogens (primary N) is 1. The standard InChI is InChI=1S/C15H12ClN3O/c16-13-5-6-14(15-12(13)2-1-7-18-15)20-11-4-3-10(8-17)19-9-11/h1-7,9H,8,17H2. The van der Waals surface area contributed by atoms with Crippen molar-refractivity contribution in [3.05, 3.63) is 59.5 Å². The normalized spacial score (nSPS) is 10.7. The minimum atomic E-state index is 0.408. The van der Waals surface area contributed by atoms with Crippen LogP contribution in [0.15, 0.2) is 48.8 Å². The predicted octanol–water partition coefficient (Wildman–Crippen LogP) is 3.53. The lowest BCUT2D eigenvalue weighted by Gasteiger charge is -2.09. The van der Waals surface area contributed by atoms with Crippen molar-refractivity contribution in [3.63, 3.8) is 0 Å². The SMILES string of the molecule is NCc1ccc(Oc2ccc(Cl)c3cccnc23)cn1. The number of fused-ring (bicyclic) bond motifs is 1. The van der Waals surface area contributed by atoms with Crippen LogP contribution >= 0.6 is 11.6 Å². The highest BCUT2D eigenvalue weighted by atomic mass is 35.5. The number of pyridine rings is 2. The van der Waals surface area contributed by atoms with Gasteiger partial charge < -0.3 is 10.5 Å². The summed E-state index contributed by atoms with van der Waals surface area (Å²) in [5.41, 5.74) is 7.06. The average Bonchev–Trinajstić information content (AvgIpc) is 2.51. The summed E-state index contributed by atoms with van der Waals surface area (Å²) >= 11 is 6.15. The van der Waals surface area contributed by atoms with Gasteiger partial charge in [-0.2, -0.15) is 0 Å². The first-order valence-electron chi connectivity index (χ1n) is 6.14. The molecule has 5 heteroatoms. The molecule has 0 atom stereocenters. The number of nitrogens with zero attached hydrogens (tertiary/aromatic N) is 2. The smallest absolute Gasteiger partial charge is 0.153 e. The first kappa shape index (κ1) is 12.8. The number of rotatable bonds is 3. The van der Waals surface area contributed by atoms with Crippen LogP contribution in [0, 0.1) is 0 Å². The van der Waals surface area contributed by atoms with Gasteiger partial charge in [-0.15, -0.1) is 0 Å². The number of hydrogen-bond donors (Lipinski definition) is 1.